The van der Waals surface area contributed by atoms with Crippen LogP contribution >= 0.6 is 0 Å². The summed E-state index contributed by atoms with van der Waals surface area (Å²) in [5.41, 5.74) is 3.20. The molecule has 0 bridgehead atoms. The number of nitrogens with zero attached hydrogens (tertiary/aromatic N) is 1. The normalized spacial score (nSPS) is 13.9. The van der Waals surface area contributed by atoms with Gasteiger partial charge in [0.15, 0.2) is 17.2 Å². The smallest absolute Gasteiger partial charge is 0.363 e. The number of esters is 1. The van der Waals surface area contributed by atoms with Crippen LogP contribution in [-0.4, -0.2) is 24.9 Å². The number of carbonyl (C=O) groups is 2. The standard InChI is InChI=1S/C26H22N2O5/c1-17(29)27-21-11-9-20(10-12-21)25-28-22(26(30)33-25)14-19-8-13-23(31-2)24(15-19)32-16-18-6-4-3-5-7-18/h3-15H,16H2,1-2H3,(H,27,29)/b22-14-. The molecule has 0 radical (unpaired) electrons. The van der Waals surface area contributed by atoms with Crippen molar-refractivity contribution in [2.24, 2.45) is 4.99 Å². The van der Waals surface area contributed by atoms with Crippen molar-refractivity contribution in [2.75, 3.05) is 12.4 Å². The lowest BCUT2D eigenvalue weighted by Gasteiger charge is -2.11. The molecule has 3 aromatic carbocycles. The maximum absolute atomic E-state index is 12.4. The van der Waals surface area contributed by atoms with Gasteiger partial charge in [-0.15, -0.1) is 0 Å². The van der Waals surface area contributed by atoms with Crippen molar-refractivity contribution in [2.45, 2.75) is 13.5 Å². The van der Waals surface area contributed by atoms with E-state index in [0.29, 0.717) is 29.4 Å². The molecular weight excluding hydrogens is 420 g/mol. The number of carbonyl (C=O) groups excluding carboxylic acids is 2. The summed E-state index contributed by atoms with van der Waals surface area (Å²) in [4.78, 5) is 27.9. The van der Waals surface area contributed by atoms with Crippen molar-refractivity contribution < 1.29 is 23.8 Å². The third-order valence-corrected chi connectivity index (χ3v) is 4.80. The summed E-state index contributed by atoms with van der Waals surface area (Å²) >= 11 is 0. The third kappa shape index (κ3) is 5.46. The lowest BCUT2D eigenvalue weighted by molar-refractivity contribution is -0.129. The van der Waals surface area contributed by atoms with Crippen LogP contribution in [0.4, 0.5) is 5.69 Å². The number of nitrogens with one attached hydrogen (secondary N) is 1. The zero-order valence-electron chi connectivity index (χ0n) is 18.2. The summed E-state index contributed by atoms with van der Waals surface area (Å²) in [7, 11) is 1.57. The maximum atomic E-state index is 12.4. The zero-order chi connectivity index (χ0) is 23.2. The van der Waals surface area contributed by atoms with Crippen LogP contribution in [0.25, 0.3) is 6.08 Å². The first-order valence-electron chi connectivity index (χ1n) is 10.3. The van der Waals surface area contributed by atoms with Crippen LogP contribution in [-0.2, 0) is 20.9 Å². The molecule has 1 amide bonds. The molecule has 1 heterocycles. The summed E-state index contributed by atoms with van der Waals surface area (Å²) in [6, 6.07) is 22.1. The molecule has 0 fully saturated rings. The molecule has 0 atom stereocenters. The van der Waals surface area contributed by atoms with E-state index in [9.17, 15) is 9.59 Å². The number of amides is 1. The van der Waals surface area contributed by atoms with Gasteiger partial charge in [0, 0.05) is 18.2 Å². The van der Waals surface area contributed by atoms with E-state index in [2.05, 4.69) is 10.3 Å². The molecule has 3 aromatic rings. The van der Waals surface area contributed by atoms with E-state index in [1.165, 1.54) is 6.92 Å². The average molecular weight is 442 g/mol. The molecule has 0 aromatic heterocycles. The highest BCUT2D eigenvalue weighted by Crippen LogP contribution is 2.30. The quantitative estimate of drug-likeness (QED) is 0.428. The van der Waals surface area contributed by atoms with Crippen LogP contribution in [0.2, 0.25) is 0 Å². The number of rotatable bonds is 7. The highest BCUT2D eigenvalue weighted by Gasteiger charge is 2.24. The number of cyclic esters (lactones) is 1. The number of methoxy groups -OCH3 is 1. The van der Waals surface area contributed by atoms with E-state index in [1.807, 2.05) is 36.4 Å². The Morgan fingerprint density at radius 3 is 2.48 bits per heavy atom. The van der Waals surface area contributed by atoms with Crippen molar-refractivity contribution >= 4 is 29.5 Å². The van der Waals surface area contributed by atoms with Crippen molar-refractivity contribution in [1.29, 1.82) is 0 Å². The van der Waals surface area contributed by atoms with E-state index in [4.69, 9.17) is 14.2 Å². The summed E-state index contributed by atoms with van der Waals surface area (Å²) in [6.45, 7) is 1.82. The Morgan fingerprint density at radius 2 is 1.79 bits per heavy atom. The van der Waals surface area contributed by atoms with Gasteiger partial charge in [0.1, 0.15) is 6.61 Å². The highest BCUT2D eigenvalue weighted by atomic mass is 16.6. The zero-order valence-corrected chi connectivity index (χ0v) is 18.2. The maximum Gasteiger partial charge on any atom is 0.363 e. The van der Waals surface area contributed by atoms with Crippen LogP contribution in [0.3, 0.4) is 0 Å². The first-order valence-corrected chi connectivity index (χ1v) is 10.3. The van der Waals surface area contributed by atoms with Crippen molar-refractivity contribution in [3.8, 4) is 11.5 Å². The second-order valence-electron chi connectivity index (χ2n) is 7.28. The molecule has 0 saturated heterocycles. The molecule has 0 unspecified atom stereocenters. The minimum atomic E-state index is -0.543. The molecule has 33 heavy (non-hydrogen) atoms. The lowest BCUT2D eigenvalue weighted by atomic mass is 10.1. The van der Waals surface area contributed by atoms with Crippen molar-refractivity contribution in [3.05, 3.63) is 95.2 Å². The summed E-state index contributed by atoms with van der Waals surface area (Å²) in [6.07, 6.45) is 1.63. The van der Waals surface area contributed by atoms with Crippen LogP contribution < -0.4 is 14.8 Å². The number of ether oxygens (including phenoxy) is 3. The van der Waals surface area contributed by atoms with Gasteiger partial charge in [0.2, 0.25) is 11.8 Å². The van der Waals surface area contributed by atoms with Crippen molar-refractivity contribution in [3.63, 3.8) is 0 Å². The number of anilines is 1. The number of benzene rings is 3. The molecule has 1 aliphatic heterocycles. The summed E-state index contributed by atoms with van der Waals surface area (Å²) in [5.74, 6) is 0.641. The molecule has 166 valence electrons. The molecule has 0 saturated carbocycles. The molecule has 0 aliphatic carbocycles. The predicted octanol–water partition coefficient (Wildman–Crippen LogP) is 4.58. The van der Waals surface area contributed by atoms with Crippen LogP contribution in [0, 0.1) is 0 Å². The molecule has 7 nitrogen and oxygen atoms in total. The van der Waals surface area contributed by atoms with Gasteiger partial charge in [-0.25, -0.2) is 9.79 Å². The number of aliphatic imine (C=N–C) groups is 1. The van der Waals surface area contributed by atoms with Gasteiger partial charge in [0.05, 0.1) is 7.11 Å². The molecular formula is C26H22N2O5. The SMILES string of the molecule is COc1ccc(/C=C2\N=C(c3ccc(NC(C)=O)cc3)OC2=O)cc1OCc1ccccc1. The summed E-state index contributed by atoms with van der Waals surface area (Å²) in [5, 5.41) is 2.69. The molecule has 1 aliphatic rings. The van der Waals surface area contributed by atoms with Gasteiger partial charge >= 0.3 is 5.97 Å². The van der Waals surface area contributed by atoms with E-state index in [1.54, 1.807) is 49.6 Å². The average Bonchev–Trinajstić information content (AvgIpc) is 3.18. The Balaban J connectivity index is 1.54. The van der Waals surface area contributed by atoms with Gasteiger partial charge in [-0.3, -0.25) is 4.79 Å². The number of hydrogen-bond acceptors (Lipinski definition) is 6. The topological polar surface area (TPSA) is 86.2 Å². The Morgan fingerprint density at radius 1 is 1.03 bits per heavy atom. The first-order chi connectivity index (χ1) is 16.0. The molecule has 0 spiro atoms. The highest BCUT2D eigenvalue weighted by molar-refractivity contribution is 6.13. The van der Waals surface area contributed by atoms with Gasteiger partial charge < -0.3 is 19.5 Å². The van der Waals surface area contributed by atoms with Crippen LogP contribution in [0.15, 0.2) is 83.5 Å². The third-order valence-electron chi connectivity index (χ3n) is 4.80. The fraction of sp³-hybridized carbons (Fsp3) is 0.115. The van der Waals surface area contributed by atoms with Gasteiger partial charge in [0.25, 0.3) is 0 Å². The monoisotopic (exact) mass is 442 g/mol. The molecule has 1 N–H and O–H groups in total. The Hall–Kier alpha value is -4.39. The second kappa shape index (κ2) is 9.82. The van der Waals surface area contributed by atoms with Crippen molar-refractivity contribution in [1.82, 2.24) is 0 Å². The van der Waals surface area contributed by atoms with E-state index in [-0.39, 0.29) is 17.5 Å². The Bertz CT molecular complexity index is 1230. The Labute approximate surface area is 191 Å². The minimum absolute atomic E-state index is 0.163. The minimum Gasteiger partial charge on any atom is -0.493 e. The first kappa shape index (κ1) is 21.8. The van der Waals surface area contributed by atoms with Gasteiger partial charge in [-0.2, -0.15) is 0 Å². The van der Waals surface area contributed by atoms with Gasteiger partial charge in [-0.05, 0) is 53.6 Å². The molecule has 7 heteroatoms. The van der Waals surface area contributed by atoms with E-state index >= 15 is 0 Å². The fourth-order valence-corrected chi connectivity index (χ4v) is 3.22. The second-order valence-corrected chi connectivity index (χ2v) is 7.28. The van der Waals surface area contributed by atoms with Crippen LogP contribution in [0.5, 0.6) is 11.5 Å². The Kier molecular flexibility index (Phi) is 6.50. The van der Waals surface area contributed by atoms with E-state index in [0.717, 1.165) is 11.1 Å². The van der Waals surface area contributed by atoms with Gasteiger partial charge in [-0.1, -0.05) is 36.4 Å². The van der Waals surface area contributed by atoms with Crippen LogP contribution in [0.1, 0.15) is 23.6 Å². The fourth-order valence-electron chi connectivity index (χ4n) is 3.22. The summed E-state index contributed by atoms with van der Waals surface area (Å²) < 4.78 is 16.7. The predicted molar refractivity (Wildman–Crippen MR) is 125 cm³/mol. The largest absolute Gasteiger partial charge is 0.493 e. The number of hydrogen-bond donors (Lipinski definition) is 1. The lowest BCUT2D eigenvalue weighted by Crippen LogP contribution is -2.07. The molecule has 4 rings (SSSR count). The van der Waals surface area contributed by atoms with E-state index < -0.39 is 5.97 Å².